The van der Waals surface area contributed by atoms with Crippen LogP contribution in [0.2, 0.25) is 0 Å². The summed E-state index contributed by atoms with van der Waals surface area (Å²) in [6.07, 6.45) is 2.62. The first kappa shape index (κ1) is 24.9. The number of amides is 3. The number of likely N-dealkylation sites (N-methyl/N-ethyl adjacent to an activating group) is 1. The third-order valence-corrected chi connectivity index (χ3v) is 7.44. The van der Waals surface area contributed by atoms with Crippen molar-refractivity contribution in [1.29, 1.82) is 5.26 Å². The van der Waals surface area contributed by atoms with E-state index in [0.717, 1.165) is 36.1 Å². The molecule has 0 spiro atoms. The maximum absolute atomic E-state index is 13.3. The lowest BCUT2D eigenvalue weighted by Crippen LogP contribution is -2.55. The van der Waals surface area contributed by atoms with Crippen molar-refractivity contribution in [3.63, 3.8) is 0 Å². The number of ether oxygens (including phenoxy) is 1. The summed E-state index contributed by atoms with van der Waals surface area (Å²) in [5.41, 5.74) is 2.02. The van der Waals surface area contributed by atoms with E-state index >= 15 is 0 Å². The Hall–Kier alpha value is -3.80. The molecular weight excluding hydrogens is 472 g/mol. The van der Waals surface area contributed by atoms with E-state index in [9.17, 15) is 19.6 Å². The molecule has 2 aromatic rings. The highest BCUT2D eigenvalue weighted by Crippen LogP contribution is 2.43. The summed E-state index contributed by atoms with van der Waals surface area (Å²) < 4.78 is 11.6. The van der Waals surface area contributed by atoms with Crippen LogP contribution in [-0.4, -0.2) is 53.6 Å². The van der Waals surface area contributed by atoms with E-state index in [0.29, 0.717) is 17.9 Å². The molecule has 4 atom stereocenters. The maximum Gasteiger partial charge on any atom is 0.411 e. The van der Waals surface area contributed by atoms with Crippen molar-refractivity contribution < 1.29 is 23.5 Å². The van der Waals surface area contributed by atoms with Crippen molar-refractivity contribution in [1.82, 2.24) is 10.2 Å². The third kappa shape index (κ3) is 4.80. The molecule has 2 bridgehead atoms. The van der Waals surface area contributed by atoms with Crippen molar-refractivity contribution in [2.75, 3.05) is 11.9 Å². The fraction of sp³-hybridized carbons (Fsp3) is 0.500. The van der Waals surface area contributed by atoms with Crippen LogP contribution in [0.5, 0.6) is 0 Å². The largest absolute Gasteiger partial charge is 0.461 e. The van der Waals surface area contributed by atoms with Gasteiger partial charge in [-0.15, -0.1) is 0 Å². The molecule has 37 heavy (non-hydrogen) atoms. The Morgan fingerprint density at radius 1 is 1.24 bits per heavy atom. The molecule has 3 heterocycles. The number of nitrogens with zero attached hydrogens (tertiary/aromatic N) is 3. The highest BCUT2D eigenvalue weighted by Gasteiger charge is 2.52. The minimum atomic E-state index is -0.810. The lowest BCUT2D eigenvalue weighted by molar-refractivity contribution is -0.128. The molecule has 2 fully saturated rings. The van der Waals surface area contributed by atoms with E-state index in [1.807, 2.05) is 24.3 Å². The van der Waals surface area contributed by atoms with Crippen LogP contribution < -0.4 is 10.2 Å². The van der Waals surface area contributed by atoms with Gasteiger partial charge in [-0.25, -0.2) is 4.79 Å². The quantitative estimate of drug-likeness (QED) is 0.662. The smallest absolute Gasteiger partial charge is 0.411 e. The maximum atomic E-state index is 13.3. The van der Waals surface area contributed by atoms with Crippen molar-refractivity contribution in [2.24, 2.45) is 5.92 Å². The van der Waals surface area contributed by atoms with Gasteiger partial charge in [0.1, 0.15) is 29.2 Å². The van der Waals surface area contributed by atoms with Crippen LogP contribution in [0.1, 0.15) is 51.4 Å². The number of hydrogen-bond donors (Lipinski definition) is 1. The summed E-state index contributed by atoms with van der Waals surface area (Å²) in [5, 5.41) is 12.6. The minimum Gasteiger partial charge on any atom is -0.461 e. The number of hydrogen-bond acceptors (Lipinski definition) is 6. The molecule has 2 aliphatic heterocycles. The first-order valence-electron chi connectivity index (χ1n) is 12.7. The topological polar surface area (TPSA) is 116 Å². The van der Waals surface area contributed by atoms with Crippen LogP contribution in [0, 0.1) is 17.2 Å². The zero-order valence-corrected chi connectivity index (χ0v) is 21.6. The van der Waals surface area contributed by atoms with E-state index in [2.05, 4.69) is 11.4 Å². The van der Waals surface area contributed by atoms with E-state index in [1.54, 1.807) is 43.7 Å². The predicted molar refractivity (Wildman–Crippen MR) is 135 cm³/mol. The highest BCUT2D eigenvalue weighted by molar-refractivity contribution is 6.01. The van der Waals surface area contributed by atoms with Gasteiger partial charge in [-0.1, -0.05) is 12.1 Å². The van der Waals surface area contributed by atoms with Gasteiger partial charge < -0.3 is 19.4 Å². The van der Waals surface area contributed by atoms with Gasteiger partial charge in [-0.3, -0.25) is 14.5 Å². The van der Waals surface area contributed by atoms with Gasteiger partial charge in [-0.05, 0) is 69.7 Å². The molecule has 1 saturated heterocycles. The Morgan fingerprint density at radius 2 is 2.03 bits per heavy atom. The normalized spacial score (nSPS) is 23.1. The SMILES string of the molecule is CN1C(=O)Cc2ccc(-c3ccc(C[C@@H](C#N)NC(=O)[C@@H]4[C@H]5CC[C@H](C5)N4C(=O)OC(C)(C)C)o3)cc21. The molecular formula is C28H32N4O5. The number of carbonyl (C=O) groups is 3. The Labute approximate surface area is 216 Å². The third-order valence-electron chi connectivity index (χ3n) is 7.44. The van der Waals surface area contributed by atoms with Gasteiger partial charge in [0.2, 0.25) is 11.8 Å². The van der Waals surface area contributed by atoms with E-state index < -0.39 is 23.8 Å². The molecule has 9 heteroatoms. The molecule has 5 rings (SSSR count). The molecule has 9 nitrogen and oxygen atoms in total. The number of anilines is 1. The van der Waals surface area contributed by atoms with Gasteiger partial charge in [0.15, 0.2) is 0 Å². The summed E-state index contributed by atoms with van der Waals surface area (Å²) in [7, 11) is 1.76. The van der Waals surface area contributed by atoms with Crippen molar-refractivity contribution in [2.45, 2.75) is 76.6 Å². The van der Waals surface area contributed by atoms with Crippen molar-refractivity contribution in [3.05, 3.63) is 41.7 Å². The fourth-order valence-corrected chi connectivity index (χ4v) is 5.73. The highest BCUT2D eigenvalue weighted by atomic mass is 16.6. The molecule has 1 saturated carbocycles. The summed E-state index contributed by atoms with van der Waals surface area (Å²) in [6, 6.07) is 10.1. The second-order valence-electron chi connectivity index (χ2n) is 11.2. The van der Waals surface area contributed by atoms with Gasteiger partial charge >= 0.3 is 6.09 Å². The second kappa shape index (κ2) is 9.25. The lowest BCUT2D eigenvalue weighted by Gasteiger charge is -2.35. The molecule has 1 aromatic carbocycles. The van der Waals surface area contributed by atoms with Crippen molar-refractivity contribution in [3.8, 4) is 17.4 Å². The number of furan rings is 1. The zero-order chi connectivity index (χ0) is 26.5. The molecule has 0 unspecified atom stereocenters. The Balaban J connectivity index is 1.26. The molecule has 1 N–H and O–H groups in total. The van der Waals surface area contributed by atoms with Gasteiger partial charge in [0.25, 0.3) is 0 Å². The van der Waals surface area contributed by atoms with E-state index in [-0.39, 0.29) is 30.2 Å². The molecule has 194 valence electrons. The van der Waals surface area contributed by atoms with Crippen molar-refractivity contribution >= 4 is 23.6 Å². The van der Waals surface area contributed by atoms with Crippen LogP contribution in [0.15, 0.2) is 34.7 Å². The second-order valence-corrected chi connectivity index (χ2v) is 11.2. The number of fused-ring (bicyclic) bond motifs is 3. The van der Waals surface area contributed by atoms with Crippen LogP contribution in [0.4, 0.5) is 10.5 Å². The van der Waals surface area contributed by atoms with Gasteiger partial charge in [-0.2, -0.15) is 5.26 Å². The summed E-state index contributed by atoms with van der Waals surface area (Å²) in [5.74, 6) is 0.974. The van der Waals surface area contributed by atoms with Crippen LogP contribution in [0.3, 0.4) is 0 Å². The fourth-order valence-electron chi connectivity index (χ4n) is 5.73. The number of piperidine rings is 1. The average Bonchev–Trinajstić information content (AvgIpc) is 3.62. The molecule has 3 aliphatic rings. The van der Waals surface area contributed by atoms with Crippen LogP contribution >= 0.6 is 0 Å². The van der Waals surface area contributed by atoms with Gasteiger partial charge in [0.05, 0.1) is 12.5 Å². The predicted octanol–water partition coefficient (Wildman–Crippen LogP) is 3.80. The van der Waals surface area contributed by atoms with E-state index in [4.69, 9.17) is 9.15 Å². The number of carbonyl (C=O) groups excluding carboxylic acids is 3. The first-order valence-corrected chi connectivity index (χ1v) is 12.7. The Kier molecular flexibility index (Phi) is 6.22. The molecule has 1 aliphatic carbocycles. The first-order chi connectivity index (χ1) is 17.5. The van der Waals surface area contributed by atoms with Gasteiger partial charge in [0, 0.05) is 30.8 Å². The monoisotopic (exact) mass is 504 g/mol. The molecule has 1 aromatic heterocycles. The minimum absolute atomic E-state index is 0.00886. The van der Waals surface area contributed by atoms with E-state index in [1.165, 1.54) is 0 Å². The Morgan fingerprint density at radius 3 is 2.76 bits per heavy atom. The molecule has 3 amide bonds. The van der Waals surface area contributed by atoms with Crippen LogP contribution in [0.25, 0.3) is 11.3 Å². The van der Waals surface area contributed by atoms with Crippen LogP contribution in [-0.2, 0) is 27.2 Å². The number of benzene rings is 1. The number of likely N-dealkylation sites (tertiary alicyclic amines) is 1. The summed E-state index contributed by atoms with van der Waals surface area (Å²) in [6.45, 7) is 5.41. The number of rotatable bonds is 5. The zero-order valence-electron chi connectivity index (χ0n) is 21.6. The summed E-state index contributed by atoms with van der Waals surface area (Å²) >= 11 is 0. The molecule has 0 radical (unpaired) electrons. The number of nitrogens with one attached hydrogen (secondary N) is 1. The standard InChI is InChI=1S/C28H32N4O5/c1-28(2,3)37-27(35)32-20-8-7-18(11-20)25(32)26(34)30-19(15-29)14-21-9-10-23(36-21)17-6-5-16-13-24(33)31(4)22(16)12-17/h5-6,9-10,12,18-20,25H,7-8,11,13-14H2,1-4H3,(H,30,34)/t18-,19-,20+,25-/m0/s1. The summed E-state index contributed by atoms with van der Waals surface area (Å²) in [4.78, 5) is 41.4. The average molecular weight is 505 g/mol. The number of nitriles is 1. The lowest BCUT2D eigenvalue weighted by atomic mass is 9.97. The Bertz CT molecular complexity index is 1290.